The van der Waals surface area contributed by atoms with Crippen molar-refractivity contribution in [3.8, 4) is 11.4 Å². The van der Waals surface area contributed by atoms with Crippen LogP contribution >= 0.6 is 0 Å². The first-order chi connectivity index (χ1) is 12.2. The van der Waals surface area contributed by atoms with Gasteiger partial charge in [0.25, 0.3) is 0 Å². The molecule has 126 valence electrons. The minimum atomic E-state index is -0.271. The van der Waals surface area contributed by atoms with Gasteiger partial charge in [-0.2, -0.15) is 5.10 Å². The van der Waals surface area contributed by atoms with Crippen LogP contribution in [0.3, 0.4) is 0 Å². The second-order valence-electron chi connectivity index (χ2n) is 5.89. The van der Waals surface area contributed by atoms with Gasteiger partial charge in [-0.1, -0.05) is 13.0 Å². The molecule has 3 aromatic heterocycles. The van der Waals surface area contributed by atoms with Gasteiger partial charge in [0, 0.05) is 23.5 Å². The highest BCUT2D eigenvalue weighted by Gasteiger charge is 2.14. The molecule has 0 aliphatic carbocycles. The zero-order valence-electron chi connectivity index (χ0n) is 14.0. The van der Waals surface area contributed by atoms with Crippen molar-refractivity contribution in [2.24, 2.45) is 0 Å². The van der Waals surface area contributed by atoms with Crippen LogP contribution in [-0.2, 0) is 13.0 Å². The van der Waals surface area contributed by atoms with Gasteiger partial charge in [0.2, 0.25) is 0 Å². The van der Waals surface area contributed by atoms with E-state index < -0.39 is 0 Å². The molecule has 0 N–H and O–H groups in total. The molecule has 0 unspecified atom stereocenters. The van der Waals surface area contributed by atoms with Crippen LogP contribution < -0.4 is 0 Å². The van der Waals surface area contributed by atoms with Gasteiger partial charge in [-0.3, -0.25) is 0 Å². The first-order valence-corrected chi connectivity index (χ1v) is 8.11. The smallest absolute Gasteiger partial charge is 0.162 e. The molecule has 0 spiro atoms. The molecule has 0 aliphatic heterocycles. The van der Waals surface area contributed by atoms with Gasteiger partial charge in [0.1, 0.15) is 24.3 Å². The molecule has 1 aromatic carbocycles. The molecule has 4 rings (SSSR count). The van der Waals surface area contributed by atoms with Gasteiger partial charge in [0.15, 0.2) is 5.65 Å². The summed E-state index contributed by atoms with van der Waals surface area (Å²) in [6, 6.07) is 4.74. The lowest BCUT2D eigenvalue weighted by Crippen LogP contribution is -2.09. The highest BCUT2D eigenvalue weighted by Crippen LogP contribution is 2.24. The molecule has 0 fully saturated rings. The fourth-order valence-corrected chi connectivity index (χ4v) is 3.06. The summed E-state index contributed by atoms with van der Waals surface area (Å²) < 4.78 is 17.3. The molecular weight excluding hydrogens is 319 g/mol. The Morgan fingerprint density at radius 3 is 2.88 bits per heavy atom. The van der Waals surface area contributed by atoms with Gasteiger partial charge < -0.3 is 4.57 Å². The van der Waals surface area contributed by atoms with Crippen LogP contribution in [0.4, 0.5) is 4.39 Å². The SMILES string of the molecule is CCc1c(Cn2ccnc2-c2cc(F)ccc2C)ncn2ncnc12. The average molecular weight is 336 g/mol. The number of fused-ring (bicyclic) bond motifs is 1. The molecule has 0 radical (unpaired) electrons. The third kappa shape index (κ3) is 2.67. The number of benzene rings is 1. The molecular formula is C18H17FN6. The van der Waals surface area contributed by atoms with Crippen LogP contribution in [0.5, 0.6) is 0 Å². The number of imidazole rings is 1. The van der Waals surface area contributed by atoms with Crippen LogP contribution in [0.15, 0.2) is 43.2 Å². The van der Waals surface area contributed by atoms with E-state index in [0.717, 1.165) is 40.3 Å². The van der Waals surface area contributed by atoms with Crippen molar-refractivity contribution >= 4 is 5.65 Å². The fourth-order valence-electron chi connectivity index (χ4n) is 3.06. The number of hydrogen-bond acceptors (Lipinski definition) is 4. The van der Waals surface area contributed by atoms with E-state index in [9.17, 15) is 4.39 Å². The molecule has 25 heavy (non-hydrogen) atoms. The van der Waals surface area contributed by atoms with Crippen LogP contribution in [0.2, 0.25) is 0 Å². The van der Waals surface area contributed by atoms with Crippen molar-refractivity contribution in [2.75, 3.05) is 0 Å². The summed E-state index contributed by atoms with van der Waals surface area (Å²) >= 11 is 0. The Labute approximate surface area is 144 Å². The molecule has 6 nitrogen and oxygen atoms in total. The number of halogens is 1. The third-order valence-corrected chi connectivity index (χ3v) is 4.34. The minimum absolute atomic E-state index is 0.271. The Kier molecular flexibility index (Phi) is 3.76. The second-order valence-corrected chi connectivity index (χ2v) is 5.89. The quantitative estimate of drug-likeness (QED) is 0.575. The fraction of sp³-hybridized carbons (Fsp3) is 0.222. The largest absolute Gasteiger partial charge is 0.325 e. The first-order valence-electron chi connectivity index (χ1n) is 8.11. The number of aromatic nitrogens is 6. The zero-order chi connectivity index (χ0) is 17.4. The maximum absolute atomic E-state index is 13.7. The lowest BCUT2D eigenvalue weighted by molar-refractivity contribution is 0.627. The Hall–Kier alpha value is -3.09. The predicted octanol–water partition coefficient (Wildman–Crippen LogP) is 3.05. The van der Waals surface area contributed by atoms with E-state index in [1.54, 1.807) is 23.1 Å². The number of nitrogens with zero attached hydrogens (tertiary/aromatic N) is 6. The topological polar surface area (TPSA) is 60.9 Å². The van der Waals surface area contributed by atoms with Crippen molar-refractivity contribution in [3.63, 3.8) is 0 Å². The number of aryl methyl sites for hydroxylation is 2. The Bertz CT molecular complexity index is 1050. The Balaban J connectivity index is 1.78. The maximum Gasteiger partial charge on any atom is 0.162 e. The number of hydrogen-bond donors (Lipinski definition) is 0. The summed E-state index contributed by atoms with van der Waals surface area (Å²) in [6.07, 6.45) is 7.60. The molecule has 0 aliphatic rings. The molecule has 0 amide bonds. The molecule has 0 bridgehead atoms. The summed E-state index contributed by atoms with van der Waals surface area (Å²) in [6.45, 7) is 4.56. The Morgan fingerprint density at radius 2 is 2.04 bits per heavy atom. The summed E-state index contributed by atoms with van der Waals surface area (Å²) in [5.41, 5.74) is 4.54. The lowest BCUT2D eigenvalue weighted by Gasteiger charge is -2.12. The highest BCUT2D eigenvalue weighted by molar-refractivity contribution is 5.60. The molecule has 7 heteroatoms. The predicted molar refractivity (Wildman–Crippen MR) is 91.6 cm³/mol. The Morgan fingerprint density at radius 1 is 1.16 bits per heavy atom. The second kappa shape index (κ2) is 6.08. The van der Waals surface area contributed by atoms with Crippen molar-refractivity contribution in [3.05, 3.63) is 65.9 Å². The third-order valence-electron chi connectivity index (χ3n) is 4.34. The minimum Gasteiger partial charge on any atom is -0.325 e. The highest BCUT2D eigenvalue weighted by atomic mass is 19.1. The van der Waals surface area contributed by atoms with Crippen molar-refractivity contribution < 1.29 is 4.39 Å². The van der Waals surface area contributed by atoms with E-state index in [2.05, 4.69) is 27.0 Å². The first kappa shape index (κ1) is 15.4. The standard InChI is InChI=1S/C18H17FN6/c1-3-14-16(22-11-25-18(14)21-10-23-25)9-24-7-6-20-17(24)15-8-13(19)5-4-12(15)2/h4-8,10-11H,3,9H2,1-2H3. The molecule has 4 aromatic rings. The molecule has 3 heterocycles. The van der Waals surface area contributed by atoms with Crippen molar-refractivity contribution in [1.82, 2.24) is 29.1 Å². The maximum atomic E-state index is 13.7. The summed E-state index contributed by atoms with van der Waals surface area (Å²) in [7, 11) is 0. The van der Waals surface area contributed by atoms with E-state index in [-0.39, 0.29) is 5.82 Å². The van der Waals surface area contributed by atoms with Gasteiger partial charge in [-0.15, -0.1) is 0 Å². The average Bonchev–Trinajstić information content (AvgIpc) is 3.26. The van der Waals surface area contributed by atoms with Crippen molar-refractivity contribution in [2.45, 2.75) is 26.8 Å². The zero-order valence-corrected chi connectivity index (χ0v) is 14.0. The van der Waals surface area contributed by atoms with Gasteiger partial charge in [-0.25, -0.2) is 23.9 Å². The lowest BCUT2D eigenvalue weighted by atomic mass is 10.1. The van der Waals surface area contributed by atoms with Gasteiger partial charge in [0.05, 0.1) is 12.2 Å². The summed E-state index contributed by atoms with van der Waals surface area (Å²) in [4.78, 5) is 13.3. The van der Waals surface area contributed by atoms with E-state index >= 15 is 0 Å². The summed E-state index contributed by atoms with van der Waals surface area (Å²) in [5, 5.41) is 4.13. The molecule has 0 saturated carbocycles. The van der Waals surface area contributed by atoms with Crippen LogP contribution in [0.25, 0.3) is 17.0 Å². The molecule has 0 saturated heterocycles. The van der Waals surface area contributed by atoms with E-state index in [4.69, 9.17) is 0 Å². The van der Waals surface area contributed by atoms with Gasteiger partial charge in [-0.05, 0) is 31.0 Å². The van der Waals surface area contributed by atoms with E-state index in [1.807, 2.05) is 17.7 Å². The van der Waals surface area contributed by atoms with Crippen LogP contribution in [0.1, 0.15) is 23.7 Å². The monoisotopic (exact) mass is 336 g/mol. The van der Waals surface area contributed by atoms with Crippen LogP contribution in [-0.4, -0.2) is 29.1 Å². The van der Waals surface area contributed by atoms with E-state index in [1.165, 1.54) is 18.5 Å². The van der Waals surface area contributed by atoms with E-state index in [0.29, 0.717) is 6.54 Å². The number of rotatable bonds is 4. The normalized spacial score (nSPS) is 11.3. The van der Waals surface area contributed by atoms with Crippen LogP contribution in [0, 0.1) is 12.7 Å². The van der Waals surface area contributed by atoms with Crippen molar-refractivity contribution in [1.29, 1.82) is 0 Å². The molecule has 0 atom stereocenters. The summed E-state index contributed by atoms with van der Waals surface area (Å²) in [5.74, 6) is 0.453. The van der Waals surface area contributed by atoms with Gasteiger partial charge >= 0.3 is 0 Å².